The summed E-state index contributed by atoms with van der Waals surface area (Å²) in [7, 11) is 0. The van der Waals surface area contributed by atoms with E-state index in [0.29, 0.717) is 35.3 Å². The van der Waals surface area contributed by atoms with Gasteiger partial charge in [0.05, 0.1) is 17.8 Å². The average molecular weight is 396 g/mol. The number of carbonyl (C=O) groups is 2. The minimum atomic E-state index is -0.276. The molecule has 9 nitrogen and oxygen atoms in total. The molecule has 0 radical (unpaired) electrons. The predicted octanol–water partition coefficient (Wildman–Crippen LogP) is 1.60. The molecule has 1 fully saturated rings. The van der Waals surface area contributed by atoms with Crippen LogP contribution in [0.1, 0.15) is 5.69 Å². The van der Waals surface area contributed by atoms with Crippen molar-refractivity contribution in [1.82, 2.24) is 20.5 Å². The summed E-state index contributed by atoms with van der Waals surface area (Å²) in [5.74, 6) is -0.214. The zero-order chi connectivity index (χ0) is 19.5. The lowest BCUT2D eigenvalue weighted by atomic mass is 10.1. The first kappa shape index (κ1) is 17.9. The number of aromatic amines is 1. The maximum atomic E-state index is 12.4. The molecule has 0 unspecified atom stereocenters. The molecule has 4 rings (SSSR count). The summed E-state index contributed by atoms with van der Waals surface area (Å²) in [6, 6.07) is 10.0. The Labute approximate surface area is 163 Å². The second-order valence-corrected chi connectivity index (χ2v) is 6.95. The van der Waals surface area contributed by atoms with Crippen LogP contribution < -0.4 is 21.1 Å². The summed E-state index contributed by atoms with van der Waals surface area (Å²) < 4.78 is 0. The van der Waals surface area contributed by atoms with E-state index in [9.17, 15) is 14.4 Å². The molecule has 10 heteroatoms. The number of aromatic nitrogens is 3. The lowest BCUT2D eigenvalue weighted by Crippen LogP contribution is -2.27. The number of urea groups is 1. The standard InChI is InChI=1S/C18H16N6O3S/c25-15-5-4-14(22-23-15)11-2-1-3-12(8-11)20-16(26)9-13-10-28-18(21-13)24-7-6-19-17(24)27/h1-5,8,10H,6-7,9H2,(H,19,27)(H,20,26)(H,23,25). The number of amides is 3. The number of carbonyl (C=O) groups excluding carboxylic acids is 2. The average Bonchev–Trinajstić information content (AvgIpc) is 3.31. The lowest BCUT2D eigenvalue weighted by Gasteiger charge is -2.09. The van der Waals surface area contributed by atoms with Gasteiger partial charge < -0.3 is 10.6 Å². The first-order valence-corrected chi connectivity index (χ1v) is 9.42. The number of nitrogens with one attached hydrogen (secondary N) is 3. The molecule has 1 aromatic carbocycles. The Morgan fingerprint density at radius 3 is 2.89 bits per heavy atom. The summed E-state index contributed by atoms with van der Waals surface area (Å²) in [6.45, 7) is 1.16. The molecule has 0 aliphatic carbocycles. The van der Waals surface area contributed by atoms with Crippen LogP contribution in [0.15, 0.2) is 46.6 Å². The summed E-state index contributed by atoms with van der Waals surface area (Å²) in [4.78, 5) is 41.1. The first-order chi connectivity index (χ1) is 13.6. The maximum Gasteiger partial charge on any atom is 0.323 e. The van der Waals surface area contributed by atoms with E-state index < -0.39 is 0 Å². The molecule has 0 atom stereocenters. The van der Waals surface area contributed by atoms with E-state index in [0.717, 1.165) is 5.56 Å². The highest BCUT2D eigenvalue weighted by Gasteiger charge is 2.24. The van der Waals surface area contributed by atoms with Gasteiger partial charge in [-0.25, -0.2) is 14.9 Å². The van der Waals surface area contributed by atoms with Crippen molar-refractivity contribution in [1.29, 1.82) is 0 Å². The van der Waals surface area contributed by atoms with Crippen molar-refractivity contribution in [2.24, 2.45) is 0 Å². The largest absolute Gasteiger partial charge is 0.336 e. The van der Waals surface area contributed by atoms with Crippen molar-refractivity contribution in [2.45, 2.75) is 6.42 Å². The van der Waals surface area contributed by atoms with Gasteiger partial charge in [-0.05, 0) is 18.2 Å². The molecule has 0 saturated carbocycles. The van der Waals surface area contributed by atoms with Gasteiger partial charge >= 0.3 is 6.03 Å². The van der Waals surface area contributed by atoms with Gasteiger partial charge in [-0.1, -0.05) is 12.1 Å². The molecular formula is C18H16N6O3S. The van der Waals surface area contributed by atoms with Crippen molar-refractivity contribution >= 4 is 34.1 Å². The molecule has 142 valence electrons. The van der Waals surface area contributed by atoms with Crippen LogP contribution in [0.4, 0.5) is 15.6 Å². The van der Waals surface area contributed by atoms with Crippen molar-refractivity contribution in [3.8, 4) is 11.3 Å². The van der Waals surface area contributed by atoms with Crippen LogP contribution >= 0.6 is 11.3 Å². The number of hydrogen-bond acceptors (Lipinski definition) is 6. The van der Waals surface area contributed by atoms with E-state index in [4.69, 9.17) is 0 Å². The third-order valence-electron chi connectivity index (χ3n) is 4.09. The fourth-order valence-electron chi connectivity index (χ4n) is 2.79. The van der Waals surface area contributed by atoms with Crippen LogP contribution in [0.2, 0.25) is 0 Å². The van der Waals surface area contributed by atoms with Gasteiger partial charge in [0, 0.05) is 35.8 Å². The molecule has 0 bridgehead atoms. The number of nitrogens with zero attached hydrogens (tertiary/aromatic N) is 3. The van der Waals surface area contributed by atoms with E-state index in [1.807, 2.05) is 6.07 Å². The SMILES string of the molecule is O=C(Cc1csc(N2CCNC2=O)n1)Nc1cccc(-c2ccc(=O)[nH]n2)c1. The molecule has 2 aromatic heterocycles. The molecule has 3 amide bonds. The summed E-state index contributed by atoms with van der Waals surface area (Å²) >= 11 is 1.34. The highest BCUT2D eigenvalue weighted by molar-refractivity contribution is 7.14. The van der Waals surface area contributed by atoms with Gasteiger partial charge in [0.15, 0.2) is 5.13 Å². The normalized spacial score (nSPS) is 13.4. The Bertz CT molecular complexity index is 1070. The lowest BCUT2D eigenvalue weighted by molar-refractivity contribution is -0.115. The highest BCUT2D eigenvalue weighted by atomic mass is 32.1. The van der Waals surface area contributed by atoms with Gasteiger partial charge in [-0.3, -0.25) is 14.5 Å². The summed E-state index contributed by atoms with van der Waals surface area (Å²) in [5, 5.41) is 14.3. The Morgan fingerprint density at radius 1 is 1.25 bits per heavy atom. The van der Waals surface area contributed by atoms with Crippen molar-refractivity contribution < 1.29 is 9.59 Å². The van der Waals surface area contributed by atoms with Gasteiger partial charge in [-0.15, -0.1) is 11.3 Å². The minimum Gasteiger partial charge on any atom is -0.336 e. The van der Waals surface area contributed by atoms with Gasteiger partial charge in [-0.2, -0.15) is 5.10 Å². The molecule has 3 N–H and O–H groups in total. The van der Waals surface area contributed by atoms with Crippen LogP contribution in [-0.4, -0.2) is 40.2 Å². The molecule has 3 aromatic rings. The fourth-order valence-corrected chi connectivity index (χ4v) is 3.64. The Morgan fingerprint density at radius 2 is 2.14 bits per heavy atom. The molecule has 1 aliphatic heterocycles. The number of thiazole rings is 1. The van der Waals surface area contributed by atoms with Crippen LogP contribution in [0.3, 0.4) is 0 Å². The number of H-pyrrole nitrogens is 1. The van der Waals surface area contributed by atoms with E-state index >= 15 is 0 Å². The number of benzene rings is 1. The van der Waals surface area contributed by atoms with Crippen molar-refractivity contribution in [3.63, 3.8) is 0 Å². The molecule has 28 heavy (non-hydrogen) atoms. The predicted molar refractivity (Wildman–Crippen MR) is 105 cm³/mol. The van der Waals surface area contributed by atoms with E-state index in [1.54, 1.807) is 34.5 Å². The van der Waals surface area contributed by atoms with Crippen LogP contribution in [0.25, 0.3) is 11.3 Å². The number of hydrogen-bond donors (Lipinski definition) is 3. The first-order valence-electron chi connectivity index (χ1n) is 8.54. The fraction of sp³-hybridized carbons (Fsp3) is 0.167. The maximum absolute atomic E-state index is 12.4. The molecule has 3 heterocycles. The van der Waals surface area contributed by atoms with E-state index in [-0.39, 0.29) is 23.9 Å². The minimum absolute atomic E-state index is 0.104. The van der Waals surface area contributed by atoms with E-state index in [2.05, 4.69) is 25.8 Å². The number of anilines is 2. The molecule has 1 aliphatic rings. The molecular weight excluding hydrogens is 380 g/mol. The summed E-state index contributed by atoms with van der Waals surface area (Å²) in [6.07, 6.45) is 0.104. The Hall–Kier alpha value is -3.53. The van der Waals surface area contributed by atoms with E-state index in [1.165, 1.54) is 17.4 Å². The third-order valence-corrected chi connectivity index (χ3v) is 5.00. The highest BCUT2D eigenvalue weighted by Crippen LogP contribution is 2.23. The van der Waals surface area contributed by atoms with Gasteiger partial charge in [0.2, 0.25) is 5.91 Å². The zero-order valence-electron chi connectivity index (χ0n) is 14.6. The van der Waals surface area contributed by atoms with Crippen LogP contribution in [-0.2, 0) is 11.2 Å². The third kappa shape index (κ3) is 3.91. The van der Waals surface area contributed by atoms with Crippen molar-refractivity contribution in [3.05, 3.63) is 57.8 Å². The Balaban J connectivity index is 1.42. The van der Waals surface area contributed by atoms with Crippen molar-refractivity contribution in [2.75, 3.05) is 23.3 Å². The molecule has 0 spiro atoms. The molecule has 1 saturated heterocycles. The topological polar surface area (TPSA) is 120 Å². The smallest absolute Gasteiger partial charge is 0.323 e. The Kier molecular flexibility index (Phi) is 4.85. The summed E-state index contributed by atoms with van der Waals surface area (Å²) in [5.41, 5.74) is 2.32. The zero-order valence-corrected chi connectivity index (χ0v) is 15.5. The second kappa shape index (κ2) is 7.61. The van der Waals surface area contributed by atoms with Crippen LogP contribution in [0.5, 0.6) is 0 Å². The quantitative estimate of drug-likeness (QED) is 0.605. The van der Waals surface area contributed by atoms with Gasteiger partial charge in [0.25, 0.3) is 5.56 Å². The van der Waals surface area contributed by atoms with Gasteiger partial charge in [0.1, 0.15) is 0 Å². The number of rotatable bonds is 5. The van der Waals surface area contributed by atoms with Crippen LogP contribution in [0, 0.1) is 0 Å². The second-order valence-electron chi connectivity index (χ2n) is 6.12. The monoisotopic (exact) mass is 396 g/mol.